The summed E-state index contributed by atoms with van der Waals surface area (Å²) in [6, 6.07) is 14.2. The van der Waals surface area contributed by atoms with Crippen molar-refractivity contribution in [2.45, 2.75) is 0 Å². The summed E-state index contributed by atoms with van der Waals surface area (Å²) < 4.78 is 38.1. The van der Waals surface area contributed by atoms with Crippen LogP contribution in [0.3, 0.4) is 0 Å². The lowest BCUT2D eigenvalue weighted by molar-refractivity contribution is 0.0959. The quantitative estimate of drug-likeness (QED) is 0.642. The van der Waals surface area contributed by atoms with E-state index in [-0.39, 0.29) is 0 Å². The third-order valence-electron chi connectivity index (χ3n) is 4.27. The van der Waals surface area contributed by atoms with Gasteiger partial charge in [0, 0.05) is 22.9 Å². The molecule has 6 nitrogen and oxygen atoms in total. The number of methoxy groups -OCH3 is 2. The first-order valence-corrected chi connectivity index (χ1v) is 8.82. The molecule has 30 heavy (non-hydrogen) atoms. The number of anilines is 1. The van der Waals surface area contributed by atoms with Gasteiger partial charge in [-0.05, 0) is 30.3 Å². The second-order valence-electron chi connectivity index (χ2n) is 6.12. The Kier molecular flexibility index (Phi) is 6.26. The molecule has 8 heteroatoms. The lowest BCUT2D eigenvalue weighted by atomic mass is 10.0. The van der Waals surface area contributed by atoms with Crippen molar-refractivity contribution in [1.82, 2.24) is 5.32 Å². The fraction of sp³-hybridized carbons (Fsp3) is 0.0909. The summed E-state index contributed by atoms with van der Waals surface area (Å²) in [5.74, 6) is -2.23. The van der Waals surface area contributed by atoms with Crippen LogP contribution >= 0.6 is 0 Å². The maximum absolute atomic E-state index is 13.7. The van der Waals surface area contributed by atoms with Crippen LogP contribution in [0.25, 0.3) is 11.1 Å². The molecule has 0 heterocycles. The highest BCUT2D eigenvalue weighted by atomic mass is 19.1. The number of carbonyl (C=O) groups is 2. The van der Waals surface area contributed by atoms with E-state index < -0.39 is 29.1 Å². The van der Waals surface area contributed by atoms with E-state index in [9.17, 15) is 18.4 Å². The van der Waals surface area contributed by atoms with Crippen LogP contribution in [0, 0.1) is 11.6 Å². The van der Waals surface area contributed by atoms with Gasteiger partial charge in [-0.3, -0.25) is 10.1 Å². The normalized spacial score (nSPS) is 10.3. The van der Waals surface area contributed by atoms with Gasteiger partial charge in [-0.2, -0.15) is 0 Å². The fourth-order valence-electron chi connectivity index (χ4n) is 2.90. The Balaban J connectivity index is 1.79. The van der Waals surface area contributed by atoms with Crippen LogP contribution in [-0.4, -0.2) is 26.2 Å². The van der Waals surface area contributed by atoms with E-state index in [4.69, 9.17) is 9.47 Å². The SMILES string of the molecule is COc1ccccc1-c1ccc(NC(=O)NC(=O)c2c(F)cccc2F)cc1OC. The second-order valence-corrected chi connectivity index (χ2v) is 6.12. The highest BCUT2D eigenvalue weighted by Crippen LogP contribution is 2.37. The van der Waals surface area contributed by atoms with Gasteiger partial charge < -0.3 is 14.8 Å². The first-order chi connectivity index (χ1) is 14.4. The van der Waals surface area contributed by atoms with Crippen molar-refractivity contribution in [3.63, 3.8) is 0 Å². The zero-order valence-electron chi connectivity index (χ0n) is 16.2. The van der Waals surface area contributed by atoms with Crippen LogP contribution < -0.4 is 20.1 Å². The van der Waals surface area contributed by atoms with Crippen molar-refractivity contribution < 1.29 is 27.8 Å². The highest BCUT2D eigenvalue weighted by molar-refractivity contribution is 6.08. The van der Waals surface area contributed by atoms with Gasteiger partial charge >= 0.3 is 6.03 Å². The predicted molar refractivity (Wildman–Crippen MR) is 108 cm³/mol. The van der Waals surface area contributed by atoms with Crippen LogP contribution in [0.5, 0.6) is 11.5 Å². The molecule has 0 spiro atoms. The summed E-state index contributed by atoms with van der Waals surface area (Å²) >= 11 is 0. The Morgan fingerprint density at radius 3 is 2.10 bits per heavy atom. The van der Waals surface area contributed by atoms with E-state index in [1.54, 1.807) is 25.3 Å². The molecule has 0 unspecified atom stereocenters. The monoisotopic (exact) mass is 412 g/mol. The Labute approximate surface area is 171 Å². The van der Waals surface area contributed by atoms with E-state index in [2.05, 4.69) is 5.32 Å². The molecule has 0 aliphatic heterocycles. The summed E-state index contributed by atoms with van der Waals surface area (Å²) in [5.41, 5.74) is 0.991. The van der Waals surface area contributed by atoms with Crippen molar-refractivity contribution >= 4 is 17.6 Å². The lowest BCUT2D eigenvalue weighted by Gasteiger charge is -2.14. The Morgan fingerprint density at radius 1 is 0.800 bits per heavy atom. The summed E-state index contributed by atoms with van der Waals surface area (Å²) in [4.78, 5) is 24.2. The zero-order valence-corrected chi connectivity index (χ0v) is 16.2. The molecule has 0 fully saturated rings. The number of para-hydroxylation sites is 1. The van der Waals surface area contributed by atoms with Gasteiger partial charge in [0.15, 0.2) is 0 Å². The van der Waals surface area contributed by atoms with Crippen LogP contribution in [-0.2, 0) is 0 Å². The Bertz CT molecular complexity index is 1080. The van der Waals surface area contributed by atoms with Crippen molar-refractivity contribution in [3.8, 4) is 22.6 Å². The number of urea groups is 1. The van der Waals surface area contributed by atoms with Gasteiger partial charge in [0.1, 0.15) is 28.7 Å². The fourth-order valence-corrected chi connectivity index (χ4v) is 2.90. The van der Waals surface area contributed by atoms with Gasteiger partial charge in [0.05, 0.1) is 14.2 Å². The number of hydrogen-bond donors (Lipinski definition) is 2. The average Bonchev–Trinajstić information content (AvgIpc) is 2.73. The van der Waals surface area contributed by atoms with Crippen LogP contribution in [0.15, 0.2) is 60.7 Å². The van der Waals surface area contributed by atoms with E-state index in [0.29, 0.717) is 17.2 Å². The zero-order chi connectivity index (χ0) is 21.7. The number of amides is 3. The molecule has 0 aromatic heterocycles. The van der Waals surface area contributed by atoms with Crippen molar-refractivity contribution in [2.75, 3.05) is 19.5 Å². The highest BCUT2D eigenvalue weighted by Gasteiger charge is 2.19. The van der Waals surface area contributed by atoms with Crippen LogP contribution in [0.2, 0.25) is 0 Å². The number of rotatable bonds is 5. The molecule has 0 bridgehead atoms. The summed E-state index contributed by atoms with van der Waals surface area (Å²) in [6.45, 7) is 0. The number of imide groups is 1. The molecule has 0 atom stereocenters. The molecule has 0 saturated heterocycles. The molecule has 3 aromatic carbocycles. The van der Waals surface area contributed by atoms with Crippen molar-refractivity contribution in [3.05, 3.63) is 77.9 Å². The van der Waals surface area contributed by atoms with Crippen molar-refractivity contribution in [2.24, 2.45) is 0 Å². The van der Waals surface area contributed by atoms with Crippen molar-refractivity contribution in [1.29, 1.82) is 0 Å². The first kappa shape index (κ1) is 20.8. The third-order valence-corrected chi connectivity index (χ3v) is 4.27. The first-order valence-electron chi connectivity index (χ1n) is 8.82. The van der Waals surface area contributed by atoms with Crippen LogP contribution in [0.4, 0.5) is 19.3 Å². The molecule has 0 aliphatic rings. The number of nitrogens with one attached hydrogen (secondary N) is 2. The molecule has 0 saturated carbocycles. The van der Waals surface area contributed by atoms with Gasteiger partial charge in [-0.15, -0.1) is 0 Å². The Morgan fingerprint density at radius 2 is 1.43 bits per heavy atom. The molecule has 2 N–H and O–H groups in total. The van der Waals surface area contributed by atoms with Gasteiger partial charge in [0.25, 0.3) is 5.91 Å². The number of hydrogen-bond acceptors (Lipinski definition) is 4. The maximum Gasteiger partial charge on any atom is 0.326 e. The largest absolute Gasteiger partial charge is 0.496 e. The molecule has 154 valence electrons. The molecule has 3 rings (SSSR count). The van der Waals surface area contributed by atoms with Gasteiger partial charge in [0.2, 0.25) is 0 Å². The minimum absolute atomic E-state index is 0.310. The number of carbonyl (C=O) groups excluding carboxylic acids is 2. The van der Waals surface area contributed by atoms with Gasteiger partial charge in [-0.25, -0.2) is 13.6 Å². The predicted octanol–water partition coefficient (Wildman–Crippen LogP) is 4.61. The molecule has 3 aromatic rings. The lowest BCUT2D eigenvalue weighted by Crippen LogP contribution is -2.35. The minimum Gasteiger partial charge on any atom is -0.496 e. The number of ether oxygens (including phenoxy) is 2. The maximum atomic E-state index is 13.7. The number of benzene rings is 3. The Hall–Kier alpha value is -3.94. The average molecular weight is 412 g/mol. The molecule has 0 aliphatic carbocycles. The van der Waals surface area contributed by atoms with E-state index in [1.807, 2.05) is 29.6 Å². The van der Waals surface area contributed by atoms with E-state index in [0.717, 1.165) is 29.3 Å². The van der Waals surface area contributed by atoms with Gasteiger partial charge in [-0.1, -0.05) is 24.3 Å². The van der Waals surface area contributed by atoms with E-state index in [1.165, 1.54) is 7.11 Å². The van der Waals surface area contributed by atoms with Crippen LogP contribution in [0.1, 0.15) is 10.4 Å². The molecular formula is C22H18F2N2O4. The standard InChI is InChI=1S/C22H18F2N2O4/c1-29-18-9-4-3-6-14(18)15-11-10-13(12-19(15)30-2)25-22(28)26-21(27)20-16(23)7-5-8-17(20)24/h3-12H,1-2H3,(H2,25,26,27,28). The topological polar surface area (TPSA) is 76.7 Å². The molecular weight excluding hydrogens is 394 g/mol. The van der Waals surface area contributed by atoms with E-state index >= 15 is 0 Å². The molecule has 0 radical (unpaired) electrons. The summed E-state index contributed by atoms with van der Waals surface area (Å²) in [6.07, 6.45) is 0. The minimum atomic E-state index is -1.19. The molecule has 3 amide bonds. The second kappa shape index (κ2) is 9.04. The third kappa shape index (κ3) is 4.38. The summed E-state index contributed by atoms with van der Waals surface area (Å²) in [5, 5.41) is 4.34. The number of halogens is 2. The summed E-state index contributed by atoms with van der Waals surface area (Å²) in [7, 11) is 3.03. The smallest absolute Gasteiger partial charge is 0.326 e.